The Morgan fingerprint density at radius 1 is 1.10 bits per heavy atom. The summed E-state index contributed by atoms with van der Waals surface area (Å²) in [7, 11) is 0. The van der Waals surface area contributed by atoms with Crippen molar-refractivity contribution in [2.75, 3.05) is 5.32 Å². The van der Waals surface area contributed by atoms with E-state index < -0.39 is 5.25 Å². The number of carbonyl (C=O) groups is 1. The molecule has 156 valence electrons. The molecule has 2 aromatic carbocycles. The molecule has 0 spiro atoms. The lowest BCUT2D eigenvalue weighted by Gasteiger charge is -2.16. The van der Waals surface area contributed by atoms with E-state index in [4.69, 9.17) is 0 Å². The first-order chi connectivity index (χ1) is 14.9. The first-order valence-corrected chi connectivity index (χ1v) is 11.3. The van der Waals surface area contributed by atoms with Gasteiger partial charge in [0.2, 0.25) is 5.91 Å². The highest BCUT2D eigenvalue weighted by Crippen LogP contribution is 2.25. The third-order valence-electron chi connectivity index (χ3n) is 4.63. The van der Waals surface area contributed by atoms with Crippen LogP contribution in [-0.4, -0.2) is 25.7 Å². The van der Waals surface area contributed by atoms with Crippen molar-refractivity contribution in [3.05, 3.63) is 87.3 Å². The molecule has 6 nitrogen and oxygen atoms in total. The fraction of sp³-hybridized carbons (Fsp3) is 0.130. The van der Waals surface area contributed by atoms with Crippen LogP contribution in [0.4, 0.5) is 5.69 Å². The Bertz CT molecular complexity index is 1300. The predicted octanol–water partition coefficient (Wildman–Crippen LogP) is 4.97. The number of thioether (sulfide) groups is 1. The van der Waals surface area contributed by atoms with E-state index in [2.05, 4.69) is 31.2 Å². The molecular formula is C23H19BrN4O2S. The molecule has 2 heterocycles. The van der Waals surface area contributed by atoms with Crippen molar-refractivity contribution in [1.82, 2.24) is 14.5 Å². The Hall–Kier alpha value is -2.97. The summed E-state index contributed by atoms with van der Waals surface area (Å²) in [6.45, 7) is 3.72. The zero-order chi connectivity index (χ0) is 22.0. The van der Waals surface area contributed by atoms with Gasteiger partial charge in [0.1, 0.15) is 5.82 Å². The molecule has 4 aromatic rings. The quantitative estimate of drug-likeness (QED) is 0.313. The molecule has 1 N–H and O–H groups in total. The lowest BCUT2D eigenvalue weighted by Crippen LogP contribution is -2.26. The molecule has 0 radical (unpaired) electrons. The zero-order valence-electron chi connectivity index (χ0n) is 16.9. The highest BCUT2D eigenvalue weighted by atomic mass is 79.9. The number of carbonyl (C=O) groups excluding carboxylic acids is 1. The number of halogens is 1. The summed E-state index contributed by atoms with van der Waals surface area (Å²) >= 11 is 4.60. The van der Waals surface area contributed by atoms with Gasteiger partial charge in [0.05, 0.1) is 16.2 Å². The summed E-state index contributed by atoms with van der Waals surface area (Å²) in [4.78, 5) is 35.1. The minimum atomic E-state index is -0.492. The average Bonchev–Trinajstić information content (AvgIpc) is 2.76. The molecule has 2 aromatic heterocycles. The highest BCUT2D eigenvalue weighted by Gasteiger charge is 2.21. The Morgan fingerprint density at radius 3 is 2.55 bits per heavy atom. The number of aromatic nitrogens is 3. The summed E-state index contributed by atoms with van der Waals surface area (Å²) in [6, 6.07) is 18.2. The van der Waals surface area contributed by atoms with Gasteiger partial charge in [0, 0.05) is 16.4 Å². The standard InChI is InChI=1S/C23H19BrN4O2S/c1-14-7-12-20(25-13-14)28-22(30)18-5-3-4-6-19(18)27-23(28)31-15(2)21(29)26-17-10-8-16(24)9-11-17/h3-13,15H,1-2H3,(H,26,29). The first-order valence-electron chi connectivity index (χ1n) is 9.60. The maximum atomic E-state index is 13.3. The van der Waals surface area contributed by atoms with Crippen LogP contribution >= 0.6 is 27.7 Å². The van der Waals surface area contributed by atoms with Crippen molar-refractivity contribution < 1.29 is 4.79 Å². The Kier molecular flexibility index (Phi) is 6.20. The zero-order valence-corrected chi connectivity index (χ0v) is 19.3. The molecule has 1 unspecified atom stereocenters. The number of nitrogens with one attached hydrogen (secondary N) is 1. The number of nitrogens with zero attached hydrogens (tertiary/aromatic N) is 3. The number of rotatable bonds is 5. The normalized spacial score (nSPS) is 12.0. The number of hydrogen-bond donors (Lipinski definition) is 1. The molecule has 0 aliphatic carbocycles. The summed E-state index contributed by atoms with van der Waals surface area (Å²) in [5.41, 5.74) is 2.05. The van der Waals surface area contributed by atoms with Crippen molar-refractivity contribution in [3.8, 4) is 5.82 Å². The van der Waals surface area contributed by atoms with Crippen molar-refractivity contribution in [2.45, 2.75) is 24.3 Å². The van der Waals surface area contributed by atoms with Crippen LogP contribution in [0.5, 0.6) is 0 Å². The first kappa shape index (κ1) is 21.3. The molecule has 0 aliphatic rings. The summed E-state index contributed by atoms with van der Waals surface area (Å²) in [5.74, 6) is 0.287. The number of pyridine rings is 1. The number of benzene rings is 2. The molecule has 0 aliphatic heterocycles. The number of fused-ring (bicyclic) bond motifs is 1. The van der Waals surface area contributed by atoms with Crippen LogP contribution in [0.3, 0.4) is 0 Å². The summed E-state index contributed by atoms with van der Waals surface area (Å²) in [5, 5.41) is 3.32. The van der Waals surface area contributed by atoms with Crippen molar-refractivity contribution in [3.63, 3.8) is 0 Å². The van der Waals surface area contributed by atoms with Crippen LogP contribution in [0.1, 0.15) is 12.5 Å². The number of para-hydroxylation sites is 1. The van der Waals surface area contributed by atoms with Crippen LogP contribution in [-0.2, 0) is 4.79 Å². The molecule has 0 saturated heterocycles. The number of anilines is 1. The van der Waals surface area contributed by atoms with Crippen LogP contribution in [0.15, 0.2) is 81.3 Å². The van der Waals surface area contributed by atoms with Crippen LogP contribution in [0.2, 0.25) is 0 Å². The third-order valence-corrected chi connectivity index (χ3v) is 6.21. The van der Waals surface area contributed by atoms with E-state index in [0.717, 1.165) is 10.0 Å². The number of amides is 1. The van der Waals surface area contributed by atoms with Gasteiger partial charge in [-0.3, -0.25) is 9.59 Å². The summed E-state index contributed by atoms with van der Waals surface area (Å²) in [6.07, 6.45) is 1.70. The fourth-order valence-electron chi connectivity index (χ4n) is 2.97. The maximum Gasteiger partial charge on any atom is 0.267 e. The molecule has 0 fully saturated rings. The molecule has 1 amide bonds. The van der Waals surface area contributed by atoms with E-state index in [1.54, 1.807) is 37.4 Å². The van der Waals surface area contributed by atoms with E-state index >= 15 is 0 Å². The largest absolute Gasteiger partial charge is 0.325 e. The van der Waals surface area contributed by atoms with E-state index in [0.29, 0.717) is 27.6 Å². The highest BCUT2D eigenvalue weighted by molar-refractivity contribution is 9.10. The van der Waals surface area contributed by atoms with Crippen LogP contribution < -0.4 is 10.9 Å². The molecular weight excluding hydrogens is 476 g/mol. The average molecular weight is 495 g/mol. The van der Waals surface area contributed by atoms with Gasteiger partial charge in [-0.25, -0.2) is 14.5 Å². The third kappa shape index (κ3) is 4.70. The van der Waals surface area contributed by atoms with Crippen LogP contribution in [0, 0.1) is 6.92 Å². The minimum absolute atomic E-state index is 0.182. The Morgan fingerprint density at radius 2 is 1.84 bits per heavy atom. The Labute approximate surface area is 191 Å². The van der Waals surface area contributed by atoms with E-state index in [1.807, 2.05) is 43.3 Å². The fourth-order valence-corrected chi connectivity index (χ4v) is 4.15. The topological polar surface area (TPSA) is 76.9 Å². The van der Waals surface area contributed by atoms with Gasteiger partial charge in [-0.2, -0.15) is 0 Å². The van der Waals surface area contributed by atoms with Crippen LogP contribution in [0.25, 0.3) is 16.7 Å². The minimum Gasteiger partial charge on any atom is -0.325 e. The second-order valence-corrected chi connectivity index (χ2v) is 9.23. The molecule has 8 heteroatoms. The van der Waals surface area contributed by atoms with Crippen molar-refractivity contribution in [1.29, 1.82) is 0 Å². The Balaban J connectivity index is 1.71. The number of hydrogen-bond acceptors (Lipinski definition) is 5. The molecule has 31 heavy (non-hydrogen) atoms. The van der Waals surface area contributed by atoms with Gasteiger partial charge < -0.3 is 5.32 Å². The lowest BCUT2D eigenvalue weighted by molar-refractivity contribution is -0.115. The smallest absolute Gasteiger partial charge is 0.267 e. The summed E-state index contributed by atoms with van der Waals surface area (Å²) < 4.78 is 2.40. The molecule has 0 saturated carbocycles. The van der Waals surface area contributed by atoms with Gasteiger partial charge in [-0.1, -0.05) is 45.9 Å². The monoisotopic (exact) mass is 494 g/mol. The lowest BCUT2D eigenvalue weighted by atomic mass is 10.2. The van der Waals surface area contributed by atoms with Gasteiger partial charge in [-0.15, -0.1) is 0 Å². The van der Waals surface area contributed by atoms with Gasteiger partial charge in [0.15, 0.2) is 5.16 Å². The van der Waals surface area contributed by atoms with E-state index in [1.165, 1.54) is 16.3 Å². The van der Waals surface area contributed by atoms with Crippen molar-refractivity contribution in [2.24, 2.45) is 0 Å². The maximum absolute atomic E-state index is 13.3. The second-order valence-electron chi connectivity index (χ2n) is 7.00. The van der Waals surface area contributed by atoms with E-state index in [9.17, 15) is 9.59 Å². The molecule has 1 atom stereocenters. The second kappa shape index (κ2) is 9.03. The van der Waals surface area contributed by atoms with Crippen molar-refractivity contribution >= 4 is 50.2 Å². The molecule has 4 rings (SSSR count). The van der Waals surface area contributed by atoms with Gasteiger partial charge in [0.25, 0.3) is 5.56 Å². The number of aryl methyl sites for hydroxylation is 1. The SMILES string of the molecule is Cc1ccc(-n2c(SC(C)C(=O)Nc3ccc(Br)cc3)nc3ccccc3c2=O)nc1. The van der Waals surface area contributed by atoms with Gasteiger partial charge in [-0.05, 0) is 61.9 Å². The molecule has 0 bridgehead atoms. The predicted molar refractivity (Wildman–Crippen MR) is 128 cm³/mol. The van der Waals surface area contributed by atoms with Gasteiger partial charge >= 0.3 is 0 Å². The van der Waals surface area contributed by atoms with E-state index in [-0.39, 0.29) is 11.5 Å².